The maximum absolute atomic E-state index is 10.8. The predicted octanol–water partition coefficient (Wildman–Crippen LogP) is 0.602. The first-order valence-corrected chi connectivity index (χ1v) is 4.15. The van der Waals surface area contributed by atoms with Gasteiger partial charge in [-0.05, 0) is 5.56 Å². The van der Waals surface area contributed by atoms with Crippen LogP contribution >= 0.6 is 0 Å². The summed E-state index contributed by atoms with van der Waals surface area (Å²) < 4.78 is 0. The van der Waals surface area contributed by atoms with Crippen molar-refractivity contribution in [3.05, 3.63) is 35.9 Å². The van der Waals surface area contributed by atoms with Crippen molar-refractivity contribution in [1.82, 2.24) is 11.0 Å². The first-order valence-electron chi connectivity index (χ1n) is 4.15. The third-order valence-corrected chi connectivity index (χ3v) is 1.87. The first-order chi connectivity index (χ1) is 6.77. The van der Waals surface area contributed by atoms with Crippen LogP contribution in [0.4, 0.5) is 0 Å². The van der Waals surface area contributed by atoms with Gasteiger partial charge in [-0.3, -0.25) is 10.0 Å². The third kappa shape index (κ3) is 2.81. The molecule has 0 saturated heterocycles. The van der Waals surface area contributed by atoms with E-state index in [1.54, 1.807) is 24.3 Å². The molecule has 5 heteroatoms. The minimum Gasteiger partial charge on any atom is -0.316 e. The van der Waals surface area contributed by atoms with Crippen LogP contribution in [0, 0.1) is 0 Å². The number of amides is 1. The molecule has 1 aromatic rings. The molecule has 0 aliphatic carbocycles. The van der Waals surface area contributed by atoms with Gasteiger partial charge in [-0.25, -0.2) is 5.48 Å². The van der Waals surface area contributed by atoms with E-state index in [9.17, 15) is 4.79 Å². The van der Waals surface area contributed by atoms with Crippen molar-refractivity contribution in [3.8, 4) is 0 Å². The average Bonchev–Trinajstić information content (AvgIpc) is 2.26. The molecule has 1 amide bonds. The largest absolute Gasteiger partial charge is 0.316 e. The number of hydrogen-bond acceptors (Lipinski definition) is 4. The summed E-state index contributed by atoms with van der Waals surface area (Å²) in [5, 5.41) is 17.1. The SMILES string of the molecule is O=C(C[C@@H](NO)c1ccccc1)NO. The molecule has 0 heterocycles. The lowest BCUT2D eigenvalue weighted by Crippen LogP contribution is -2.26. The van der Waals surface area contributed by atoms with Crippen LogP contribution in [-0.4, -0.2) is 16.3 Å². The third-order valence-electron chi connectivity index (χ3n) is 1.87. The molecule has 0 saturated carbocycles. The molecule has 0 spiro atoms. The molecule has 0 fully saturated rings. The Morgan fingerprint density at radius 3 is 2.43 bits per heavy atom. The summed E-state index contributed by atoms with van der Waals surface area (Å²) >= 11 is 0. The Morgan fingerprint density at radius 2 is 1.93 bits per heavy atom. The van der Waals surface area contributed by atoms with Crippen LogP contribution in [0.1, 0.15) is 18.0 Å². The van der Waals surface area contributed by atoms with Crippen LogP contribution in [0.25, 0.3) is 0 Å². The molecule has 4 N–H and O–H groups in total. The molecule has 0 bridgehead atoms. The highest BCUT2D eigenvalue weighted by atomic mass is 16.5. The van der Waals surface area contributed by atoms with Gasteiger partial charge in [-0.1, -0.05) is 30.3 Å². The number of carbonyl (C=O) groups excluding carboxylic acids is 1. The zero-order valence-corrected chi connectivity index (χ0v) is 7.47. The van der Waals surface area contributed by atoms with Crippen molar-refractivity contribution in [2.24, 2.45) is 0 Å². The minimum absolute atomic E-state index is 0.0307. The van der Waals surface area contributed by atoms with E-state index < -0.39 is 11.9 Å². The van der Waals surface area contributed by atoms with Crippen molar-refractivity contribution in [2.45, 2.75) is 12.5 Å². The lowest BCUT2D eigenvalue weighted by atomic mass is 10.0. The Morgan fingerprint density at radius 1 is 1.29 bits per heavy atom. The molecule has 1 aromatic carbocycles. The van der Waals surface area contributed by atoms with Gasteiger partial charge in [0.15, 0.2) is 0 Å². The number of hydroxylamine groups is 2. The van der Waals surface area contributed by atoms with E-state index >= 15 is 0 Å². The Hall–Kier alpha value is -1.43. The van der Waals surface area contributed by atoms with E-state index in [1.807, 2.05) is 11.5 Å². The first kappa shape index (κ1) is 10.6. The zero-order valence-electron chi connectivity index (χ0n) is 7.47. The number of benzene rings is 1. The molecule has 0 aliphatic rings. The standard InChI is InChI=1S/C9H12N2O3/c12-9(11-14)6-8(10-13)7-4-2-1-3-5-7/h1-5,8,10,13-14H,6H2,(H,11,12)/t8-/m1/s1. The van der Waals surface area contributed by atoms with E-state index in [2.05, 4.69) is 0 Å². The van der Waals surface area contributed by atoms with E-state index in [0.29, 0.717) is 0 Å². The highest BCUT2D eigenvalue weighted by Gasteiger charge is 2.13. The summed E-state index contributed by atoms with van der Waals surface area (Å²) in [5.41, 5.74) is 4.30. The molecule has 14 heavy (non-hydrogen) atoms. The number of rotatable bonds is 4. The van der Waals surface area contributed by atoms with E-state index in [0.717, 1.165) is 5.56 Å². The van der Waals surface area contributed by atoms with Gasteiger partial charge in [0.1, 0.15) is 0 Å². The smallest absolute Gasteiger partial charge is 0.245 e. The average molecular weight is 196 g/mol. The van der Waals surface area contributed by atoms with Crippen LogP contribution in [-0.2, 0) is 4.79 Å². The van der Waals surface area contributed by atoms with Gasteiger partial charge < -0.3 is 5.21 Å². The van der Waals surface area contributed by atoms with Crippen LogP contribution in [0.15, 0.2) is 30.3 Å². The Bertz CT molecular complexity index is 289. The lowest BCUT2D eigenvalue weighted by Gasteiger charge is -2.13. The Labute approximate surface area is 81.3 Å². The molecule has 0 aliphatic heterocycles. The molecule has 1 atom stereocenters. The van der Waals surface area contributed by atoms with Gasteiger partial charge in [0.25, 0.3) is 0 Å². The summed E-state index contributed by atoms with van der Waals surface area (Å²) in [6.07, 6.45) is -0.0307. The summed E-state index contributed by atoms with van der Waals surface area (Å²) in [5.74, 6) is -0.555. The Kier molecular flexibility index (Phi) is 4.06. The summed E-state index contributed by atoms with van der Waals surface area (Å²) in [6.45, 7) is 0. The maximum atomic E-state index is 10.8. The molecule has 0 unspecified atom stereocenters. The van der Waals surface area contributed by atoms with Crippen LogP contribution < -0.4 is 11.0 Å². The van der Waals surface area contributed by atoms with Crippen molar-refractivity contribution < 1.29 is 15.2 Å². The normalized spacial score (nSPS) is 12.1. The zero-order chi connectivity index (χ0) is 10.4. The second-order valence-corrected chi connectivity index (χ2v) is 2.83. The maximum Gasteiger partial charge on any atom is 0.245 e. The number of carbonyl (C=O) groups is 1. The predicted molar refractivity (Wildman–Crippen MR) is 48.7 cm³/mol. The van der Waals surface area contributed by atoms with Gasteiger partial charge in [-0.15, -0.1) is 0 Å². The fourth-order valence-electron chi connectivity index (χ4n) is 1.15. The molecule has 1 rings (SSSR count). The molecule has 76 valence electrons. The fraction of sp³-hybridized carbons (Fsp3) is 0.222. The summed E-state index contributed by atoms with van der Waals surface area (Å²) in [4.78, 5) is 10.8. The minimum atomic E-state index is -0.555. The highest BCUT2D eigenvalue weighted by molar-refractivity contribution is 5.75. The topological polar surface area (TPSA) is 81.6 Å². The lowest BCUT2D eigenvalue weighted by molar-refractivity contribution is -0.130. The molecular weight excluding hydrogens is 184 g/mol. The van der Waals surface area contributed by atoms with Gasteiger partial charge in [0, 0.05) is 0 Å². The second-order valence-electron chi connectivity index (χ2n) is 2.83. The van der Waals surface area contributed by atoms with Crippen LogP contribution in [0.2, 0.25) is 0 Å². The summed E-state index contributed by atoms with van der Waals surface area (Å²) in [6, 6.07) is 8.48. The number of hydrogen-bond donors (Lipinski definition) is 4. The fourth-order valence-corrected chi connectivity index (χ4v) is 1.15. The van der Waals surface area contributed by atoms with Crippen LogP contribution in [0.3, 0.4) is 0 Å². The van der Waals surface area contributed by atoms with Gasteiger partial charge in [-0.2, -0.15) is 5.48 Å². The van der Waals surface area contributed by atoms with E-state index in [-0.39, 0.29) is 6.42 Å². The molecule has 0 radical (unpaired) electrons. The van der Waals surface area contributed by atoms with Crippen molar-refractivity contribution >= 4 is 5.91 Å². The second kappa shape index (κ2) is 5.33. The van der Waals surface area contributed by atoms with Gasteiger partial charge in [0.2, 0.25) is 5.91 Å². The van der Waals surface area contributed by atoms with E-state index in [4.69, 9.17) is 10.4 Å². The molecule has 0 aromatic heterocycles. The summed E-state index contributed by atoms with van der Waals surface area (Å²) in [7, 11) is 0. The van der Waals surface area contributed by atoms with Crippen molar-refractivity contribution in [3.63, 3.8) is 0 Å². The molecular formula is C9H12N2O3. The molecule has 5 nitrogen and oxygen atoms in total. The van der Waals surface area contributed by atoms with Crippen molar-refractivity contribution in [2.75, 3.05) is 0 Å². The Balaban J connectivity index is 2.68. The van der Waals surface area contributed by atoms with Crippen LogP contribution in [0.5, 0.6) is 0 Å². The van der Waals surface area contributed by atoms with Gasteiger partial charge >= 0.3 is 0 Å². The highest BCUT2D eigenvalue weighted by Crippen LogP contribution is 2.15. The number of nitrogens with one attached hydrogen (secondary N) is 2. The monoisotopic (exact) mass is 196 g/mol. The quantitative estimate of drug-likeness (QED) is 0.420. The van der Waals surface area contributed by atoms with Crippen molar-refractivity contribution in [1.29, 1.82) is 0 Å². The van der Waals surface area contributed by atoms with Gasteiger partial charge in [0.05, 0.1) is 12.5 Å². The van der Waals surface area contributed by atoms with E-state index in [1.165, 1.54) is 5.48 Å².